The fourth-order valence-electron chi connectivity index (χ4n) is 1.56. The molecule has 0 heterocycles. The maximum Gasteiger partial charge on any atom is 0.331 e. The van der Waals surface area contributed by atoms with E-state index in [9.17, 15) is 14.4 Å². The highest BCUT2D eigenvalue weighted by molar-refractivity contribution is 6.01. The van der Waals surface area contributed by atoms with Crippen molar-refractivity contribution >= 4 is 23.6 Å². The van der Waals surface area contributed by atoms with Crippen LogP contribution < -0.4 is 4.74 Å². The van der Waals surface area contributed by atoms with E-state index in [1.54, 1.807) is 25.1 Å². The van der Waals surface area contributed by atoms with E-state index in [-0.39, 0.29) is 12.4 Å². The Hall–Kier alpha value is -2.70. The summed E-state index contributed by atoms with van der Waals surface area (Å²) in [5, 5.41) is 3.67. The van der Waals surface area contributed by atoms with E-state index < -0.39 is 17.9 Å². The van der Waals surface area contributed by atoms with Crippen molar-refractivity contribution in [1.82, 2.24) is 0 Å². The van der Waals surface area contributed by atoms with Gasteiger partial charge in [0.25, 0.3) is 0 Å². The van der Waals surface area contributed by atoms with Crippen molar-refractivity contribution in [2.75, 3.05) is 0 Å². The highest BCUT2D eigenvalue weighted by atomic mass is 16.7. The van der Waals surface area contributed by atoms with Gasteiger partial charge in [-0.25, -0.2) is 4.79 Å². The largest absolute Gasteiger partial charge is 0.461 e. The van der Waals surface area contributed by atoms with Gasteiger partial charge in [-0.15, -0.1) is 0 Å². The third-order valence-corrected chi connectivity index (χ3v) is 2.44. The molecule has 0 atom stereocenters. The minimum atomic E-state index is -0.565. The predicted molar refractivity (Wildman–Crippen MR) is 77.2 cm³/mol. The zero-order valence-electron chi connectivity index (χ0n) is 12.8. The molecule has 0 aliphatic rings. The van der Waals surface area contributed by atoms with E-state index in [1.165, 1.54) is 20.8 Å². The van der Waals surface area contributed by atoms with Crippen molar-refractivity contribution in [3.63, 3.8) is 0 Å². The van der Waals surface area contributed by atoms with Gasteiger partial charge in [0, 0.05) is 26.3 Å². The summed E-state index contributed by atoms with van der Waals surface area (Å²) in [5.41, 5.74) is 1.48. The number of rotatable bonds is 5. The third-order valence-electron chi connectivity index (χ3n) is 2.44. The Morgan fingerprint density at radius 3 is 2.23 bits per heavy atom. The summed E-state index contributed by atoms with van der Waals surface area (Å²) >= 11 is 0. The van der Waals surface area contributed by atoms with Crippen LogP contribution in [0.1, 0.15) is 38.8 Å². The second-order valence-corrected chi connectivity index (χ2v) is 4.46. The van der Waals surface area contributed by atoms with Crippen molar-refractivity contribution in [3.8, 4) is 5.75 Å². The Bertz CT molecular complexity index is 620. The topological polar surface area (TPSA) is 91.3 Å². The molecule has 0 amide bonds. The molecule has 0 aromatic heterocycles. The zero-order valence-corrected chi connectivity index (χ0v) is 12.8. The molecular formula is C15H17NO6. The zero-order chi connectivity index (χ0) is 16.7. The number of hydrogen-bond acceptors (Lipinski definition) is 7. The van der Waals surface area contributed by atoms with Crippen molar-refractivity contribution in [2.45, 2.75) is 34.3 Å². The van der Waals surface area contributed by atoms with E-state index in [1.807, 2.05) is 0 Å². The van der Waals surface area contributed by atoms with Crippen molar-refractivity contribution < 1.29 is 28.7 Å². The van der Waals surface area contributed by atoms with Crippen LogP contribution >= 0.6 is 0 Å². The molecule has 0 N–H and O–H groups in total. The molecule has 7 heteroatoms. The molecule has 0 radical (unpaired) electrons. The number of ether oxygens (including phenoxy) is 2. The average Bonchev–Trinajstić information content (AvgIpc) is 2.42. The van der Waals surface area contributed by atoms with Gasteiger partial charge in [-0.1, -0.05) is 11.2 Å². The lowest BCUT2D eigenvalue weighted by atomic mass is 10.1. The summed E-state index contributed by atoms with van der Waals surface area (Å²) in [7, 11) is 0. The number of benzene rings is 1. The first-order valence-electron chi connectivity index (χ1n) is 6.47. The van der Waals surface area contributed by atoms with Crippen LogP contribution in [0.25, 0.3) is 0 Å². The minimum absolute atomic E-state index is 0.0729. The monoisotopic (exact) mass is 307 g/mol. The molecule has 118 valence electrons. The Kier molecular flexibility index (Phi) is 6.25. The van der Waals surface area contributed by atoms with Crippen LogP contribution in [-0.4, -0.2) is 23.6 Å². The Morgan fingerprint density at radius 1 is 1.00 bits per heavy atom. The molecule has 22 heavy (non-hydrogen) atoms. The number of nitrogens with zero attached hydrogens (tertiary/aromatic N) is 1. The summed E-state index contributed by atoms with van der Waals surface area (Å²) in [6.45, 7) is 5.47. The molecule has 0 saturated heterocycles. The molecule has 1 aromatic rings. The van der Waals surface area contributed by atoms with Gasteiger partial charge in [-0.2, -0.15) is 0 Å². The van der Waals surface area contributed by atoms with Crippen molar-refractivity contribution in [3.05, 3.63) is 29.3 Å². The van der Waals surface area contributed by atoms with Crippen LogP contribution in [0.3, 0.4) is 0 Å². The Balaban J connectivity index is 3.13. The van der Waals surface area contributed by atoms with E-state index in [4.69, 9.17) is 9.47 Å². The molecule has 0 saturated carbocycles. The Morgan fingerprint density at radius 2 is 1.68 bits per heavy atom. The smallest absolute Gasteiger partial charge is 0.331 e. The van der Waals surface area contributed by atoms with Crippen LogP contribution in [0.15, 0.2) is 23.4 Å². The fourth-order valence-corrected chi connectivity index (χ4v) is 1.56. The molecule has 0 fully saturated rings. The van der Waals surface area contributed by atoms with E-state index >= 15 is 0 Å². The molecule has 1 rings (SSSR count). The van der Waals surface area contributed by atoms with Crippen LogP contribution in [0.5, 0.6) is 5.75 Å². The molecule has 0 spiro atoms. The third kappa shape index (κ3) is 5.74. The average molecular weight is 307 g/mol. The Labute approximate surface area is 127 Å². The lowest BCUT2D eigenvalue weighted by Gasteiger charge is -2.11. The molecule has 0 aliphatic heterocycles. The van der Waals surface area contributed by atoms with Gasteiger partial charge in [0.1, 0.15) is 12.4 Å². The van der Waals surface area contributed by atoms with Gasteiger partial charge >= 0.3 is 17.9 Å². The van der Waals surface area contributed by atoms with Gasteiger partial charge < -0.3 is 14.3 Å². The summed E-state index contributed by atoms with van der Waals surface area (Å²) in [6.07, 6.45) is 0. The first-order valence-corrected chi connectivity index (χ1v) is 6.47. The van der Waals surface area contributed by atoms with E-state index in [0.29, 0.717) is 16.8 Å². The minimum Gasteiger partial charge on any atom is -0.461 e. The number of hydrogen-bond donors (Lipinski definition) is 0. The second kappa shape index (κ2) is 7.92. The van der Waals surface area contributed by atoms with Crippen LogP contribution in [0, 0.1) is 0 Å². The van der Waals surface area contributed by atoms with Gasteiger partial charge in [0.05, 0.1) is 5.71 Å². The lowest BCUT2D eigenvalue weighted by Crippen LogP contribution is -2.09. The summed E-state index contributed by atoms with van der Waals surface area (Å²) < 4.78 is 10.00. The van der Waals surface area contributed by atoms with Crippen LogP contribution in [-0.2, 0) is 30.6 Å². The van der Waals surface area contributed by atoms with Crippen molar-refractivity contribution in [1.29, 1.82) is 0 Å². The molecular weight excluding hydrogens is 290 g/mol. The first-order chi connectivity index (χ1) is 10.3. The molecule has 0 bridgehead atoms. The number of carbonyl (C=O) groups excluding carboxylic acids is 3. The number of carbonyl (C=O) groups is 3. The van der Waals surface area contributed by atoms with Crippen LogP contribution in [0.2, 0.25) is 0 Å². The normalized spacial score (nSPS) is 10.8. The summed E-state index contributed by atoms with van der Waals surface area (Å²) in [4.78, 5) is 37.4. The molecule has 7 nitrogen and oxygen atoms in total. The maximum absolute atomic E-state index is 11.1. The van der Waals surface area contributed by atoms with Gasteiger partial charge in [-0.3, -0.25) is 9.59 Å². The summed E-state index contributed by atoms with van der Waals surface area (Å²) in [6, 6.07) is 4.86. The van der Waals surface area contributed by atoms with E-state index in [2.05, 4.69) is 9.99 Å². The predicted octanol–water partition coefficient (Wildman–Crippen LogP) is 1.96. The SMILES string of the molecule is CC(=O)OCc1ccc(OC(C)=O)c(/C(C)=N/OC(C)=O)c1. The van der Waals surface area contributed by atoms with E-state index in [0.717, 1.165) is 0 Å². The highest BCUT2D eigenvalue weighted by Gasteiger charge is 2.12. The van der Waals surface area contributed by atoms with Crippen molar-refractivity contribution in [2.24, 2.45) is 5.16 Å². The maximum atomic E-state index is 11.1. The quantitative estimate of drug-likeness (QED) is 0.271. The first kappa shape index (κ1) is 17.4. The molecule has 1 aromatic carbocycles. The highest BCUT2D eigenvalue weighted by Crippen LogP contribution is 2.22. The fraction of sp³-hybridized carbons (Fsp3) is 0.333. The molecule has 0 aliphatic carbocycles. The van der Waals surface area contributed by atoms with Crippen LogP contribution in [0.4, 0.5) is 0 Å². The summed E-state index contributed by atoms with van der Waals surface area (Å²) in [5.74, 6) is -1.19. The molecule has 0 unspecified atom stereocenters. The van der Waals surface area contributed by atoms with Gasteiger partial charge in [-0.05, 0) is 24.6 Å². The van der Waals surface area contributed by atoms with Gasteiger partial charge in [0.15, 0.2) is 0 Å². The second-order valence-electron chi connectivity index (χ2n) is 4.46. The van der Waals surface area contributed by atoms with Gasteiger partial charge in [0.2, 0.25) is 0 Å². The standard InChI is InChI=1S/C15H17NO6/c1-9(16-22-12(4)19)14-7-13(8-20-10(2)17)5-6-15(14)21-11(3)18/h5-7H,8H2,1-4H3/b16-9+. The number of esters is 2. The number of oxime groups is 1. The lowest BCUT2D eigenvalue weighted by molar-refractivity contribution is -0.142.